The second kappa shape index (κ2) is 7.11. The molecule has 0 spiro atoms. The van der Waals surface area contributed by atoms with Gasteiger partial charge in [0.25, 0.3) is 0 Å². The predicted molar refractivity (Wildman–Crippen MR) is 83.8 cm³/mol. The lowest BCUT2D eigenvalue weighted by molar-refractivity contribution is 0.414. The minimum atomic E-state index is 0.325. The van der Waals surface area contributed by atoms with Gasteiger partial charge in [0.05, 0.1) is 0 Å². The van der Waals surface area contributed by atoms with Crippen molar-refractivity contribution in [2.24, 2.45) is 5.92 Å². The molecular formula is C18H23NO. The summed E-state index contributed by atoms with van der Waals surface area (Å²) in [6.07, 6.45) is 0.969. The SMILES string of the molecule is CC(C)C(NCCc1ccc(O)cc1)c1ccccc1. The van der Waals surface area contributed by atoms with E-state index in [1.807, 2.05) is 12.1 Å². The van der Waals surface area contributed by atoms with Crippen molar-refractivity contribution in [1.29, 1.82) is 0 Å². The Balaban J connectivity index is 1.91. The Morgan fingerprint density at radius 3 is 2.20 bits per heavy atom. The van der Waals surface area contributed by atoms with E-state index in [1.165, 1.54) is 11.1 Å². The van der Waals surface area contributed by atoms with Gasteiger partial charge >= 0.3 is 0 Å². The van der Waals surface area contributed by atoms with Crippen molar-refractivity contribution in [2.75, 3.05) is 6.54 Å². The molecule has 20 heavy (non-hydrogen) atoms. The lowest BCUT2D eigenvalue weighted by Gasteiger charge is -2.23. The summed E-state index contributed by atoms with van der Waals surface area (Å²) in [6, 6.07) is 18.4. The Hall–Kier alpha value is -1.80. The van der Waals surface area contributed by atoms with Crippen LogP contribution in [0.15, 0.2) is 54.6 Å². The fourth-order valence-electron chi connectivity index (χ4n) is 2.43. The van der Waals surface area contributed by atoms with Gasteiger partial charge in [0, 0.05) is 6.04 Å². The molecule has 0 fully saturated rings. The summed E-state index contributed by atoms with van der Waals surface area (Å²) >= 11 is 0. The van der Waals surface area contributed by atoms with E-state index in [0.29, 0.717) is 17.7 Å². The quantitative estimate of drug-likeness (QED) is 0.833. The van der Waals surface area contributed by atoms with Gasteiger partial charge < -0.3 is 10.4 Å². The molecule has 2 nitrogen and oxygen atoms in total. The molecule has 0 amide bonds. The maximum absolute atomic E-state index is 9.28. The molecule has 2 aromatic carbocycles. The van der Waals surface area contributed by atoms with E-state index in [-0.39, 0.29) is 0 Å². The van der Waals surface area contributed by atoms with Crippen molar-refractivity contribution in [1.82, 2.24) is 5.32 Å². The van der Waals surface area contributed by atoms with E-state index in [2.05, 4.69) is 49.5 Å². The van der Waals surface area contributed by atoms with Gasteiger partial charge in [0.2, 0.25) is 0 Å². The zero-order valence-electron chi connectivity index (χ0n) is 12.2. The number of aromatic hydroxyl groups is 1. The molecule has 106 valence electrons. The summed E-state index contributed by atoms with van der Waals surface area (Å²) < 4.78 is 0. The molecule has 2 N–H and O–H groups in total. The van der Waals surface area contributed by atoms with Crippen molar-refractivity contribution in [3.63, 3.8) is 0 Å². The minimum Gasteiger partial charge on any atom is -0.508 e. The Morgan fingerprint density at radius 1 is 0.950 bits per heavy atom. The van der Waals surface area contributed by atoms with Crippen molar-refractivity contribution < 1.29 is 5.11 Å². The molecule has 2 rings (SSSR count). The molecule has 0 saturated carbocycles. The van der Waals surface area contributed by atoms with Crippen molar-refractivity contribution in [3.8, 4) is 5.75 Å². The van der Waals surface area contributed by atoms with Gasteiger partial charge in [-0.25, -0.2) is 0 Å². The van der Waals surface area contributed by atoms with E-state index in [4.69, 9.17) is 0 Å². The summed E-state index contributed by atoms with van der Waals surface area (Å²) in [6.45, 7) is 5.42. The first-order chi connectivity index (χ1) is 9.66. The molecule has 0 aliphatic heterocycles. The van der Waals surface area contributed by atoms with Crippen LogP contribution in [0, 0.1) is 5.92 Å². The third kappa shape index (κ3) is 4.10. The second-order valence-corrected chi connectivity index (χ2v) is 5.50. The normalized spacial score (nSPS) is 12.6. The molecule has 2 heteroatoms. The minimum absolute atomic E-state index is 0.325. The highest BCUT2D eigenvalue weighted by Crippen LogP contribution is 2.21. The van der Waals surface area contributed by atoms with Gasteiger partial charge in [-0.15, -0.1) is 0 Å². The molecule has 1 atom stereocenters. The van der Waals surface area contributed by atoms with E-state index >= 15 is 0 Å². The van der Waals surface area contributed by atoms with Crippen LogP contribution in [-0.4, -0.2) is 11.7 Å². The molecule has 1 unspecified atom stereocenters. The molecule has 0 heterocycles. The summed E-state index contributed by atoms with van der Waals surface area (Å²) in [7, 11) is 0. The summed E-state index contributed by atoms with van der Waals surface area (Å²) in [5.74, 6) is 0.878. The van der Waals surface area contributed by atoms with Gasteiger partial charge in [0.15, 0.2) is 0 Å². The largest absolute Gasteiger partial charge is 0.508 e. The predicted octanol–water partition coefficient (Wildman–Crippen LogP) is 3.92. The topological polar surface area (TPSA) is 32.3 Å². The second-order valence-electron chi connectivity index (χ2n) is 5.50. The van der Waals surface area contributed by atoms with E-state index in [9.17, 15) is 5.11 Å². The van der Waals surface area contributed by atoms with Crippen LogP contribution >= 0.6 is 0 Å². The monoisotopic (exact) mass is 269 g/mol. The number of benzene rings is 2. The van der Waals surface area contributed by atoms with Gasteiger partial charge in [-0.05, 0) is 42.1 Å². The highest BCUT2D eigenvalue weighted by Gasteiger charge is 2.14. The zero-order valence-corrected chi connectivity index (χ0v) is 12.2. The van der Waals surface area contributed by atoms with Gasteiger partial charge in [-0.2, -0.15) is 0 Å². The molecule has 0 aromatic heterocycles. The van der Waals surface area contributed by atoms with Crippen LogP contribution in [-0.2, 0) is 6.42 Å². The smallest absolute Gasteiger partial charge is 0.115 e. The van der Waals surface area contributed by atoms with Gasteiger partial charge in [0.1, 0.15) is 5.75 Å². The van der Waals surface area contributed by atoms with Crippen LogP contribution in [0.4, 0.5) is 0 Å². The van der Waals surface area contributed by atoms with Gasteiger partial charge in [-0.1, -0.05) is 56.3 Å². The molecular weight excluding hydrogens is 246 g/mol. The standard InChI is InChI=1S/C18H23NO/c1-14(2)18(16-6-4-3-5-7-16)19-13-12-15-8-10-17(20)11-9-15/h3-11,14,18-20H,12-13H2,1-2H3. The van der Waals surface area contributed by atoms with Crippen LogP contribution in [0.2, 0.25) is 0 Å². The van der Waals surface area contributed by atoms with E-state index < -0.39 is 0 Å². The Kier molecular flexibility index (Phi) is 5.19. The molecule has 0 aliphatic carbocycles. The number of nitrogens with one attached hydrogen (secondary N) is 1. The van der Waals surface area contributed by atoms with Gasteiger partial charge in [-0.3, -0.25) is 0 Å². The summed E-state index contributed by atoms with van der Waals surface area (Å²) in [5.41, 5.74) is 2.58. The number of phenolic OH excluding ortho intramolecular Hbond substituents is 1. The highest BCUT2D eigenvalue weighted by molar-refractivity contribution is 5.26. The molecule has 0 saturated heterocycles. The maximum Gasteiger partial charge on any atom is 0.115 e. The van der Waals surface area contributed by atoms with E-state index in [1.54, 1.807) is 12.1 Å². The Labute approximate surface area is 121 Å². The Bertz CT molecular complexity index is 505. The summed E-state index contributed by atoms with van der Waals surface area (Å²) in [5, 5.41) is 12.9. The molecule has 0 radical (unpaired) electrons. The molecule has 2 aromatic rings. The number of rotatable bonds is 6. The van der Waals surface area contributed by atoms with Crippen molar-refractivity contribution >= 4 is 0 Å². The maximum atomic E-state index is 9.28. The lowest BCUT2D eigenvalue weighted by atomic mass is 9.96. The average Bonchev–Trinajstić information content (AvgIpc) is 2.46. The molecule has 0 aliphatic rings. The van der Waals surface area contributed by atoms with Crippen LogP contribution in [0.5, 0.6) is 5.75 Å². The number of hydrogen-bond acceptors (Lipinski definition) is 2. The van der Waals surface area contributed by atoms with Crippen LogP contribution in [0.3, 0.4) is 0 Å². The first-order valence-corrected chi connectivity index (χ1v) is 7.23. The van der Waals surface area contributed by atoms with Crippen molar-refractivity contribution in [3.05, 3.63) is 65.7 Å². The van der Waals surface area contributed by atoms with Crippen LogP contribution in [0.25, 0.3) is 0 Å². The summed E-state index contributed by atoms with van der Waals surface area (Å²) in [4.78, 5) is 0. The van der Waals surface area contributed by atoms with Crippen LogP contribution in [0.1, 0.15) is 31.0 Å². The molecule has 0 bridgehead atoms. The fourth-order valence-corrected chi connectivity index (χ4v) is 2.43. The van der Waals surface area contributed by atoms with E-state index in [0.717, 1.165) is 13.0 Å². The zero-order chi connectivity index (χ0) is 14.4. The first-order valence-electron chi connectivity index (χ1n) is 7.23. The fraction of sp³-hybridized carbons (Fsp3) is 0.333. The Morgan fingerprint density at radius 2 is 1.60 bits per heavy atom. The van der Waals surface area contributed by atoms with Crippen molar-refractivity contribution in [2.45, 2.75) is 26.3 Å². The number of phenols is 1. The third-order valence-electron chi connectivity index (χ3n) is 3.54. The first kappa shape index (κ1) is 14.6. The third-order valence-corrected chi connectivity index (χ3v) is 3.54. The van der Waals surface area contributed by atoms with Crippen LogP contribution < -0.4 is 5.32 Å². The average molecular weight is 269 g/mol. The number of hydrogen-bond donors (Lipinski definition) is 2. The lowest BCUT2D eigenvalue weighted by Crippen LogP contribution is -2.27. The highest BCUT2D eigenvalue weighted by atomic mass is 16.3.